The third kappa shape index (κ3) is 4.08. The van der Waals surface area contributed by atoms with E-state index in [0.29, 0.717) is 0 Å². The van der Waals surface area contributed by atoms with Gasteiger partial charge in [-0.2, -0.15) is 0 Å². The van der Waals surface area contributed by atoms with Crippen molar-refractivity contribution in [3.05, 3.63) is 106 Å². The van der Waals surface area contributed by atoms with E-state index in [1.165, 1.54) is 5.56 Å². The van der Waals surface area contributed by atoms with Crippen molar-refractivity contribution < 1.29 is 9.84 Å². The Bertz CT molecular complexity index is 1180. The molecule has 0 fully saturated rings. The van der Waals surface area contributed by atoms with Crippen LogP contribution in [0.5, 0.6) is 0 Å². The van der Waals surface area contributed by atoms with E-state index in [2.05, 4.69) is 24.3 Å². The lowest BCUT2D eigenvalue weighted by molar-refractivity contribution is -0.000531. The molecule has 4 rings (SSSR count). The van der Waals surface area contributed by atoms with Crippen LogP contribution in [0.2, 0.25) is 0 Å². The molecule has 2 atom stereocenters. The smallest absolute Gasteiger partial charge is 0.328 e. The molecule has 5 heteroatoms. The molecule has 0 amide bonds. The molecule has 0 bridgehead atoms. The van der Waals surface area contributed by atoms with Gasteiger partial charge in [0, 0.05) is 7.05 Å². The lowest BCUT2D eigenvalue weighted by Gasteiger charge is -2.21. The van der Waals surface area contributed by atoms with Crippen molar-refractivity contribution in [1.82, 2.24) is 9.13 Å². The minimum Gasteiger partial charge on any atom is -0.389 e. The molecule has 5 nitrogen and oxygen atoms in total. The van der Waals surface area contributed by atoms with Gasteiger partial charge in [0.05, 0.1) is 30.3 Å². The van der Waals surface area contributed by atoms with E-state index in [4.69, 9.17) is 4.74 Å². The standard InChI is InChI=1S/C25H26N2O3/c1-18-12-14-20(15-13-18)24(19-8-4-3-5-9-19)30-17-21(28)16-27-23-11-7-6-10-22(23)26(2)25(27)29/h3-15,21,24,28H,16-17H2,1-2H3/t21-,24+/m1/s1. The molecule has 0 aliphatic rings. The first-order chi connectivity index (χ1) is 14.5. The van der Waals surface area contributed by atoms with E-state index in [-0.39, 0.29) is 24.9 Å². The van der Waals surface area contributed by atoms with Gasteiger partial charge in [0.2, 0.25) is 0 Å². The molecule has 1 N–H and O–H groups in total. The van der Waals surface area contributed by atoms with Crippen LogP contribution < -0.4 is 5.69 Å². The molecule has 0 aliphatic heterocycles. The Hall–Kier alpha value is -3.15. The molecule has 0 saturated heterocycles. The van der Waals surface area contributed by atoms with Crippen molar-refractivity contribution in [2.24, 2.45) is 7.05 Å². The fraction of sp³-hybridized carbons (Fsp3) is 0.240. The summed E-state index contributed by atoms with van der Waals surface area (Å²) in [5, 5.41) is 10.7. The van der Waals surface area contributed by atoms with E-state index >= 15 is 0 Å². The van der Waals surface area contributed by atoms with Gasteiger partial charge in [-0.05, 0) is 30.2 Å². The number of rotatable bonds is 7. The van der Waals surface area contributed by atoms with Gasteiger partial charge >= 0.3 is 5.69 Å². The van der Waals surface area contributed by atoms with E-state index in [0.717, 1.165) is 22.2 Å². The Kier molecular flexibility index (Phi) is 5.84. The van der Waals surface area contributed by atoms with Crippen LogP contribution in [0.4, 0.5) is 0 Å². The number of aromatic nitrogens is 2. The summed E-state index contributed by atoms with van der Waals surface area (Å²) in [6.45, 7) is 2.34. The van der Waals surface area contributed by atoms with Crippen LogP contribution in [0.3, 0.4) is 0 Å². The zero-order valence-corrected chi connectivity index (χ0v) is 17.2. The van der Waals surface area contributed by atoms with Gasteiger partial charge in [-0.25, -0.2) is 4.79 Å². The van der Waals surface area contributed by atoms with Crippen LogP contribution in [0.1, 0.15) is 22.8 Å². The van der Waals surface area contributed by atoms with Gasteiger partial charge in [0.25, 0.3) is 0 Å². The van der Waals surface area contributed by atoms with Crippen LogP contribution >= 0.6 is 0 Å². The van der Waals surface area contributed by atoms with Crippen molar-refractivity contribution in [1.29, 1.82) is 0 Å². The molecule has 3 aromatic carbocycles. The highest BCUT2D eigenvalue weighted by atomic mass is 16.5. The first-order valence-corrected chi connectivity index (χ1v) is 10.1. The number of para-hydroxylation sites is 2. The predicted molar refractivity (Wildman–Crippen MR) is 119 cm³/mol. The monoisotopic (exact) mass is 402 g/mol. The second kappa shape index (κ2) is 8.69. The van der Waals surface area contributed by atoms with Gasteiger partial charge in [-0.1, -0.05) is 72.3 Å². The number of ether oxygens (including phenoxy) is 1. The second-order valence-corrected chi connectivity index (χ2v) is 7.63. The van der Waals surface area contributed by atoms with Crippen molar-refractivity contribution in [3.63, 3.8) is 0 Å². The minimum atomic E-state index is -0.815. The lowest BCUT2D eigenvalue weighted by atomic mass is 10.0. The van der Waals surface area contributed by atoms with Crippen LogP contribution in [0, 0.1) is 6.92 Å². The van der Waals surface area contributed by atoms with E-state index in [9.17, 15) is 9.90 Å². The average Bonchev–Trinajstić information content (AvgIpc) is 3.01. The molecule has 0 spiro atoms. The highest BCUT2D eigenvalue weighted by molar-refractivity contribution is 5.75. The first-order valence-electron chi connectivity index (χ1n) is 10.1. The molecule has 0 radical (unpaired) electrons. The van der Waals surface area contributed by atoms with Gasteiger partial charge < -0.3 is 9.84 Å². The Labute approximate surface area is 175 Å². The zero-order valence-electron chi connectivity index (χ0n) is 17.2. The Morgan fingerprint density at radius 1 is 0.867 bits per heavy atom. The van der Waals surface area contributed by atoms with Crippen molar-refractivity contribution in [3.8, 4) is 0 Å². The van der Waals surface area contributed by atoms with Gasteiger partial charge in [-0.15, -0.1) is 0 Å². The first kappa shape index (κ1) is 20.1. The Balaban J connectivity index is 1.54. The molecule has 4 aromatic rings. The van der Waals surface area contributed by atoms with Crippen LogP contribution in [-0.2, 0) is 18.3 Å². The van der Waals surface area contributed by atoms with Gasteiger partial charge in [0.15, 0.2) is 0 Å². The molecule has 1 heterocycles. The summed E-state index contributed by atoms with van der Waals surface area (Å²) < 4.78 is 9.38. The molecule has 30 heavy (non-hydrogen) atoms. The van der Waals surface area contributed by atoms with E-state index in [1.54, 1.807) is 16.2 Å². The fourth-order valence-corrected chi connectivity index (χ4v) is 3.76. The number of aliphatic hydroxyl groups is 1. The topological polar surface area (TPSA) is 56.4 Å². The second-order valence-electron chi connectivity index (χ2n) is 7.63. The van der Waals surface area contributed by atoms with Crippen molar-refractivity contribution >= 4 is 11.0 Å². The van der Waals surface area contributed by atoms with Crippen LogP contribution in [0.15, 0.2) is 83.7 Å². The quantitative estimate of drug-likeness (QED) is 0.511. The van der Waals surface area contributed by atoms with Crippen molar-refractivity contribution in [2.45, 2.75) is 25.7 Å². The molecule has 0 saturated carbocycles. The highest BCUT2D eigenvalue weighted by Crippen LogP contribution is 2.26. The van der Waals surface area contributed by atoms with Crippen LogP contribution in [0.25, 0.3) is 11.0 Å². The zero-order chi connectivity index (χ0) is 21.1. The maximum absolute atomic E-state index is 12.6. The summed E-state index contributed by atoms with van der Waals surface area (Å²) >= 11 is 0. The molecule has 0 unspecified atom stereocenters. The summed E-state index contributed by atoms with van der Waals surface area (Å²) in [6.07, 6.45) is -1.10. The maximum Gasteiger partial charge on any atom is 0.328 e. The molecule has 1 aromatic heterocycles. The molecule has 0 aliphatic carbocycles. The van der Waals surface area contributed by atoms with E-state index < -0.39 is 6.10 Å². The number of imidazole rings is 1. The minimum absolute atomic E-state index is 0.114. The fourth-order valence-electron chi connectivity index (χ4n) is 3.76. The SMILES string of the molecule is Cc1ccc([C@@H](OC[C@H](O)Cn2c(=O)n(C)c3ccccc32)c2ccccc2)cc1. The number of hydrogen-bond donors (Lipinski definition) is 1. The summed E-state index contributed by atoms with van der Waals surface area (Å²) in [4.78, 5) is 12.6. The normalized spacial score (nSPS) is 13.4. The number of hydrogen-bond acceptors (Lipinski definition) is 3. The number of fused-ring (bicyclic) bond motifs is 1. The Morgan fingerprint density at radius 2 is 1.47 bits per heavy atom. The van der Waals surface area contributed by atoms with E-state index in [1.807, 2.05) is 61.5 Å². The largest absolute Gasteiger partial charge is 0.389 e. The van der Waals surface area contributed by atoms with Crippen LogP contribution in [-0.4, -0.2) is 27.0 Å². The highest BCUT2D eigenvalue weighted by Gasteiger charge is 2.19. The lowest BCUT2D eigenvalue weighted by Crippen LogP contribution is -2.30. The average molecular weight is 402 g/mol. The summed E-state index contributed by atoms with van der Waals surface area (Å²) in [5.41, 5.74) is 4.74. The number of aryl methyl sites for hydroxylation is 2. The maximum atomic E-state index is 12.6. The predicted octanol–water partition coefficient (Wildman–Crippen LogP) is 3.82. The van der Waals surface area contributed by atoms with Crippen molar-refractivity contribution in [2.75, 3.05) is 6.61 Å². The number of nitrogens with zero attached hydrogens (tertiary/aromatic N) is 2. The van der Waals surface area contributed by atoms with Gasteiger partial charge in [0.1, 0.15) is 6.10 Å². The molecular formula is C25H26N2O3. The molecule has 154 valence electrons. The third-order valence-corrected chi connectivity index (χ3v) is 5.38. The Morgan fingerprint density at radius 3 is 2.17 bits per heavy atom. The summed E-state index contributed by atoms with van der Waals surface area (Å²) in [7, 11) is 1.74. The number of aliphatic hydroxyl groups excluding tert-OH is 1. The molecular weight excluding hydrogens is 376 g/mol. The summed E-state index contributed by atoms with van der Waals surface area (Å²) in [5.74, 6) is 0. The van der Waals surface area contributed by atoms with Gasteiger partial charge in [-0.3, -0.25) is 9.13 Å². The summed E-state index contributed by atoms with van der Waals surface area (Å²) in [6, 6.07) is 25.8. The number of benzene rings is 3. The third-order valence-electron chi connectivity index (χ3n) is 5.38.